The van der Waals surface area contributed by atoms with Gasteiger partial charge >= 0.3 is 5.97 Å². The monoisotopic (exact) mass is 283 g/mol. The van der Waals surface area contributed by atoms with E-state index in [1.54, 1.807) is 24.3 Å². The zero-order chi connectivity index (χ0) is 15.1. The Balaban J connectivity index is 1.89. The van der Waals surface area contributed by atoms with Crippen LogP contribution in [0.15, 0.2) is 54.6 Å². The Hall–Kier alpha value is -2.62. The van der Waals surface area contributed by atoms with Crippen molar-refractivity contribution in [1.82, 2.24) is 0 Å². The number of esters is 1. The fourth-order valence-corrected chi connectivity index (χ4v) is 1.91. The van der Waals surface area contributed by atoms with Gasteiger partial charge in [-0.2, -0.15) is 0 Å². The number of ether oxygens (including phenoxy) is 1. The Morgan fingerprint density at radius 1 is 1.05 bits per heavy atom. The maximum absolute atomic E-state index is 11.8. The van der Waals surface area contributed by atoms with Crippen molar-refractivity contribution in [3.05, 3.63) is 60.2 Å². The second-order valence-corrected chi connectivity index (χ2v) is 4.67. The molecular weight excluding hydrogens is 266 g/mol. The highest BCUT2D eigenvalue weighted by Gasteiger charge is 2.06. The van der Waals surface area contributed by atoms with Crippen molar-refractivity contribution >= 4 is 17.6 Å². The maximum atomic E-state index is 11.8. The van der Waals surface area contributed by atoms with E-state index in [9.17, 15) is 9.59 Å². The van der Waals surface area contributed by atoms with Gasteiger partial charge in [-0.25, -0.2) is 0 Å². The van der Waals surface area contributed by atoms with Crippen molar-refractivity contribution in [1.29, 1.82) is 0 Å². The number of nitrogens with one attached hydrogen (secondary N) is 1. The molecule has 2 rings (SSSR count). The van der Waals surface area contributed by atoms with E-state index in [-0.39, 0.29) is 11.9 Å². The molecule has 1 amide bonds. The standard InChI is InChI=1S/C17H17NO3/c1-13(19)18-15-8-5-9-16(12-15)21-17(20)11-10-14-6-3-2-4-7-14/h2-9,12H,10-11H2,1H3,(H,18,19). The van der Waals surface area contributed by atoms with Gasteiger partial charge in [0, 0.05) is 25.1 Å². The number of amides is 1. The molecule has 0 saturated heterocycles. The predicted octanol–water partition coefficient (Wildman–Crippen LogP) is 3.18. The van der Waals surface area contributed by atoms with Crippen molar-refractivity contribution in [2.24, 2.45) is 0 Å². The Morgan fingerprint density at radius 2 is 1.81 bits per heavy atom. The first kappa shape index (κ1) is 14.8. The summed E-state index contributed by atoms with van der Waals surface area (Å²) in [6.45, 7) is 1.43. The Morgan fingerprint density at radius 3 is 2.52 bits per heavy atom. The second-order valence-electron chi connectivity index (χ2n) is 4.67. The lowest BCUT2D eigenvalue weighted by atomic mass is 10.1. The average Bonchev–Trinajstić information content (AvgIpc) is 2.46. The van der Waals surface area contributed by atoms with Crippen molar-refractivity contribution in [2.75, 3.05) is 5.32 Å². The summed E-state index contributed by atoms with van der Waals surface area (Å²) in [5.74, 6) is -0.0271. The van der Waals surface area contributed by atoms with Crippen molar-refractivity contribution < 1.29 is 14.3 Å². The third-order valence-electron chi connectivity index (χ3n) is 2.85. The molecule has 0 aliphatic heterocycles. The fraction of sp³-hybridized carbons (Fsp3) is 0.176. The number of aryl methyl sites for hydroxylation is 1. The lowest BCUT2D eigenvalue weighted by molar-refractivity contribution is -0.134. The lowest BCUT2D eigenvalue weighted by Crippen LogP contribution is -2.10. The Labute approximate surface area is 123 Å². The number of benzene rings is 2. The van der Waals surface area contributed by atoms with E-state index in [0.29, 0.717) is 24.3 Å². The van der Waals surface area contributed by atoms with E-state index < -0.39 is 0 Å². The molecule has 4 heteroatoms. The third-order valence-corrected chi connectivity index (χ3v) is 2.85. The molecule has 0 spiro atoms. The molecule has 0 aliphatic carbocycles. The third kappa shape index (κ3) is 5.10. The van der Waals surface area contributed by atoms with Crippen LogP contribution in [0.1, 0.15) is 18.9 Å². The van der Waals surface area contributed by atoms with Crippen LogP contribution in [0, 0.1) is 0 Å². The first-order valence-electron chi connectivity index (χ1n) is 6.76. The summed E-state index contributed by atoms with van der Waals surface area (Å²) in [5.41, 5.74) is 1.71. The minimum absolute atomic E-state index is 0.164. The summed E-state index contributed by atoms with van der Waals surface area (Å²) in [6, 6.07) is 16.6. The lowest BCUT2D eigenvalue weighted by Gasteiger charge is -2.07. The van der Waals surface area contributed by atoms with E-state index in [2.05, 4.69) is 5.32 Å². The SMILES string of the molecule is CC(=O)Nc1cccc(OC(=O)CCc2ccccc2)c1. The minimum atomic E-state index is -0.293. The van der Waals surface area contributed by atoms with Gasteiger partial charge in [0.05, 0.1) is 0 Å². The highest BCUT2D eigenvalue weighted by molar-refractivity contribution is 5.89. The molecule has 0 bridgehead atoms. The van der Waals surface area contributed by atoms with Gasteiger partial charge in [0.15, 0.2) is 0 Å². The molecule has 2 aromatic rings. The summed E-state index contributed by atoms with van der Waals surface area (Å²) in [4.78, 5) is 22.8. The van der Waals surface area contributed by atoms with Crippen molar-refractivity contribution in [3.63, 3.8) is 0 Å². The number of anilines is 1. The summed E-state index contributed by atoms with van der Waals surface area (Å²) in [7, 11) is 0. The van der Waals surface area contributed by atoms with Gasteiger partial charge in [0.2, 0.25) is 5.91 Å². The predicted molar refractivity (Wildman–Crippen MR) is 81.1 cm³/mol. The Bertz CT molecular complexity index is 623. The van der Waals surface area contributed by atoms with E-state index >= 15 is 0 Å². The largest absolute Gasteiger partial charge is 0.426 e. The Kier molecular flexibility index (Phi) is 5.10. The molecule has 0 atom stereocenters. The number of carbonyl (C=O) groups excluding carboxylic acids is 2. The fourth-order valence-electron chi connectivity index (χ4n) is 1.91. The van der Waals surface area contributed by atoms with Crippen LogP contribution in [0.5, 0.6) is 5.75 Å². The molecule has 0 aliphatic rings. The number of hydrogen-bond acceptors (Lipinski definition) is 3. The van der Waals surface area contributed by atoms with Crippen LogP contribution in [-0.4, -0.2) is 11.9 Å². The zero-order valence-electron chi connectivity index (χ0n) is 11.8. The van der Waals surface area contributed by atoms with Gasteiger partial charge in [0.1, 0.15) is 5.75 Å². The van der Waals surface area contributed by atoms with Gasteiger partial charge in [0.25, 0.3) is 0 Å². The van der Waals surface area contributed by atoms with E-state index in [4.69, 9.17) is 4.74 Å². The molecule has 0 radical (unpaired) electrons. The molecule has 0 saturated carbocycles. The van der Waals surface area contributed by atoms with Crippen molar-refractivity contribution in [3.8, 4) is 5.75 Å². The van der Waals surface area contributed by atoms with Crippen LogP contribution in [0.2, 0.25) is 0 Å². The van der Waals surface area contributed by atoms with Crippen LogP contribution in [0.4, 0.5) is 5.69 Å². The normalized spacial score (nSPS) is 9.95. The van der Waals surface area contributed by atoms with Gasteiger partial charge < -0.3 is 10.1 Å². The van der Waals surface area contributed by atoms with Gasteiger partial charge in [-0.3, -0.25) is 9.59 Å². The van der Waals surface area contributed by atoms with E-state index in [1.165, 1.54) is 6.92 Å². The quantitative estimate of drug-likeness (QED) is 0.677. The van der Waals surface area contributed by atoms with E-state index in [1.807, 2.05) is 30.3 Å². The molecule has 4 nitrogen and oxygen atoms in total. The summed E-state index contributed by atoms with van der Waals surface area (Å²) < 4.78 is 5.27. The smallest absolute Gasteiger partial charge is 0.311 e. The minimum Gasteiger partial charge on any atom is -0.426 e. The highest BCUT2D eigenvalue weighted by atomic mass is 16.5. The topological polar surface area (TPSA) is 55.4 Å². The molecule has 108 valence electrons. The van der Waals surface area contributed by atoms with Crippen LogP contribution in [-0.2, 0) is 16.0 Å². The molecule has 1 N–H and O–H groups in total. The van der Waals surface area contributed by atoms with Crippen LogP contribution in [0.3, 0.4) is 0 Å². The number of hydrogen-bond donors (Lipinski definition) is 1. The van der Waals surface area contributed by atoms with Crippen LogP contribution < -0.4 is 10.1 Å². The molecular formula is C17H17NO3. The number of rotatable bonds is 5. The summed E-state index contributed by atoms with van der Waals surface area (Å²) in [6.07, 6.45) is 0.958. The van der Waals surface area contributed by atoms with Crippen LogP contribution >= 0.6 is 0 Å². The van der Waals surface area contributed by atoms with E-state index in [0.717, 1.165) is 5.56 Å². The maximum Gasteiger partial charge on any atom is 0.311 e. The molecule has 2 aromatic carbocycles. The average molecular weight is 283 g/mol. The molecule has 21 heavy (non-hydrogen) atoms. The first-order valence-corrected chi connectivity index (χ1v) is 6.76. The highest BCUT2D eigenvalue weighted by Crippen LogP contribution is 2.18. The van der Waals surface area contributed by atoms with Crippen LogP contribution in [0.25, 0.3) is 0 Å². The summed E-state index contributed by atoms with van der Waals surface area (Å²) in [5, 5.41) is 2.65. The van der Waals surface area contributed by atoms with Gasteiger partial charge in [-0.1, -0.05) is 36.4 Å². The summed E-state index contributed by atoms with van der Waals surface area (Å²) >= 11 is 0. The molecule has 0 heterocycles. The molecule has 0 unspecified atom stereocenters. The molecule has 0 aromatic heterocycles. The second kappa shape index (κ2) is 7.24. The number of carbonyl (C=O) groups is 2. The first-order chi connectivity index (χ1) is 10.1. The van der Waals surface area contributed by atoms with Gasteiger partial charge in [-0.05, 0) is 24.1 Å². The molecule has 0 fully saturated rings. The van der Waals surface area contributed by atoms with Gasteiger partial charge in [-0.15, -0.1) is 0 Å². The zero-order valence-corrected chi connectivity index (χ0v) is 11.8. The van der Waals surface area contributed by atoms with Crippen molar-refractivity contribution in [2.45, 2.75) is 19.8 Å².